The number of sulfonamides is 1. The quantitative estimate of drug-likeness (QED) is 0.776. The number of hydrogen-bond acceptors (Lipinski definition) is 5. The Labute approximate surface area is 134 Å². The van der Waals surface area contributed by atoms with Crippen molar-refractivity contribution in [1.82, 2.24) is 9.88 Å². The van der Waals surface area contributed by atoms with E-state index in [1.807, 2.05) is 6.92 Å². The van der Waals surface area contributed by atoms with Gasteiger partial charge in [-0.15, -0.1) is 0 Å². The van der Waals surface area contributed by atoms with Gasteiger partial charge in [0.2, 0.25) is 10.0 Å². The summed E-state index contributed by atoms with van der Waals surface area (Å²) in [7, 11) is -3.66. The summed E-state index contributed by atoms with van der Waals surface area (Å²) in [5.41, 5.74) is 2.05. The van der Waals surface area contributed by atoms with E-state index in [1.165, 1.54) is 6.26 Å². The zero-order valence-electron chi connectivity index (χ0n) is 12.7. The van der Waals surface area contributed by atoms with Gasteiger partial charge < -0.3 is 8.94 Å². The Morgan fingerprint density at radius 2 is 2.00 bits per heavy atom. The van der Waals surface area contributed by atoms with Crippen molar-refractivity contribution in [3.63, 3.8) is 0 Å². The van der Waals surface area contributed by atoms with Gasteiger partial charge in [-0.25, -0.2) is 13.1 Å². The first-order chi connectivity index (χ1) is 11.0. The van der Waals surface area contributed by atoms with Crippen molar-refractivity contribution in [1.29, 1.82) is 0 Å². The summed E-state index contributed by atoms with van der Waals surface area (Å²) in [4.78, 5) is 0.204. The predicted molar refractivity (Wildman–Crippen MR) is 84.1 cm³/mol. The van der Waals surface area contributed by atoms with Crippen LogP contribution in [0.3, 0.4) is 0 Å². The molecule has 6 nitrogen and oxygen atoms in total. The maximum Gasteiger partial charge on any atom is 0.241 e. The maximum atomic E-state index is 12.5. The van der Waals surface area contributed by atoms with E-state index in [2.05, 4.69) is 9.88 Å². The van der Waals surface area contributed by atoms with Gasteiger partial charge in [-0.1, -0.05) is 17.3 Å². The second-order valence-corrected chi connectivity index (χ2v) is 6.95. The molecule has 0 atom stereocenters. The van der Waals surface area contributed by atoms with Crippen LogP contribution in [-0.4, -0.2) is 13.6 Å². The summed E-state index contributed by atoms with van der Waals surface area (Å²) in [5, 5.41) is 3.82. The molecule has 0 aliphatic carbocycles. The maximum absolute atomic E-state index is 12.5. The molecule has 3 rings (SSSR count). The first-order valence-corrected chi connectivity index (χ1v) is 8.50. The molecule has 0 bridgehead atoms. The molecule has 0 radical (unpaired) electrons. The van der Waals surface area contributed by atoms with Crippen molar-refractivity contribution in [3.05, 3.63) is 59.7 Å². The molecule has 3 aromatic rings. The topological polar surface area (TPSA) is 85.3 Å². The van der Waals surface area contributed by atoms with Gasteiger partial charge >= 0.3 is 0 Å². The third kappa shape index (κ3) is 3.35. The van der Waals surface area contributed by atoms with E-state index in [0.717, 1.165) is 5.69 Å². The Hall–Kier alpha value is -2.38. The summed E-state index contributed by atoms with van der Waals surface area (Å²) in [6, 6.07) is 10.3. The molecule has 0 unspecified atom stereocenters. The SMILES string of the molecule is Cc1cc(-c2ccc(C)c(S(=O)(=O)NCc3ccco3)c2)on1. The molecule has 7 heteroatoms. The van der Waals surface area contributed by atoms with Crippen LogP contribution in [0.15, 0.2) is 56.5 Å². The number of nitrogens with zero attached hydrogens (tertiary/aromatic N) is 1. The minimum Gasteiger partial charge on any atom is -0.468 e. The molecule has 2 heterocycles. The van der Waals surface area contributed by atoms with Crippen molar-refractivity contribution in [2.24, 2.45) is 0 Å². The second kappa shape index (κ2) is 6.02. The Kier molecular flexibility index (Phi) is 4.06. The molecular weight excluding hydrogens is 316 g/mol. The van der Waals surface area contributed by atoms with Crippen molar-refractivity contribution < 1.29 is 17.4 Å². The van der Waals surface area contributed by atoms with Crippen LogP contribution >= 0.6 is 0 Å². The zero-order valence-corrected chi connectivity index (χ0v) is 13.6. The highest BCUT2D eigenvalue weighted by Gasteiger charge is 2.19. The molecule has 1 N–H and O–H groups in total. The lowest BCUT2D eigenvalue weighted by atomic mass is 10.1. The smallest absolute Gasteiger partial charge is 0.241 e. The highest BCUT2D eigenvalue weighted by molar-refractivity contribution is 7.89. The van der Waals surface area contributed by atoms with Crippen LogP contribution in [0.4, 0.5) is 0 Å². The Morgan fingerprint density at radius 3 is 2.65 bits per heavy atom. The fourth-order valence-electron chi connectivity index (χ4n) is 2.20. The number of nitrogens with one attached hydrogen (secondary N) is 1. The Bertz CT molecular complexity index is 911. The lowest BCUT2D eigenvalue weighted by Crippen LogP contribution is -2.23. The average molecular weight is 332 g/mol. The van der Waals surface area contributed by atoms with Crippen LogP contribution in [0.5, 0.6) is 0 Å². The van der Waals surface area contributed by atoms with Crippen molar-refractivity contribution in [3.8, 4) is 11.3 Å². The normalized spacial score (nSPS) is 11.7. The van der Waals surface area contributed by atoms with Crippen LogP contribution in [0.1, 0.15) is 17.0 Å². The van der Waals surface area contributed by atoms with Crippen LogP contribution < -0.4 is 4.72 Å². The van der Waals surface area contributed by atoms with Gasteiger partial charge in [-0.05, 0) is 37.6 Å². The van der Waals surface area contributed by atoms with Crippen LogP contribution in [0.2, 0.25) is 0 Å². The number of furan rings is 1. The Balaban J connectivity index is 1.91. The number of aryl methyl sites for hydroxylation is 2. The van der Waals surface area contributed by atoms with E-state index in [0.29, 0.717) is 22.6 Å². The molecule has 0 spiro atoms. The van der Waals surface area contributed by atoms with Crippen LogP contribution in [-0.2, 0) is 16.6 Å². The predicted octanol–water partition coefficient (Wildman–Crippen LogP) is 3.03. The molecule has 23 heavy (non-hydrogen) atoms. The zero-order chi connectivity index (χ0) is 16.4. The summed E-state index contributed by atoms with van der Waals surface area (Å²) >= 11 is 0. The molecule has 0 aliphatic rings. The van der Waals surface area contributed by atoms with Crippen molar-refractivity contribution in [2.45, 2.75) is 25.3 Å². The third-order valence-electron chi connectivity index (χ3n) is 3.41. The molecule has 2 aromatic heterocycles. The van der Waals surface area contributed by atoms with Gasteiger partial charge in [-0.2, -0.15) is 0 Å². The van der Waals surface area contributed by atoms with Gasteiger partial charge in [0.1, 0.15) is 5.76 Å². The summed E-state index contributed by atoms with van der Waals surface area (Å²) in [5.74, 6) is 1.08. The minimum atomic E-state index is -3.66. The average Bonchev–Trinajstić information content (AvgIpc) is 3.17. The number of aromatic nitrogens is 1. The third-order valence-corrected chi connectivity index (χ3v) is 4.95. The van der Waals surface area contributed by atoms with E-state index in [4.69, 9.17) is 8.94 Å². The Morgan fingerprint density at radius 1 is 1.17 bits per heavy atom. The molecule has 0 saturated heterocycles. The summed E-state index contributed by atoms with van der Waals surface area (Å²) in [6.45, 7) is 3.65. The highest BCUT2D eigenvalue weighted by atomic mass is 32.2. The lowest BCUT2D eigenvalue weighted by molar-refractivity contribution is 0.427. The van der Waals surface area contributed by atoms with Gasteiger partial charge in [0.15, 0.2) is 5.76 Å². The van der Waals surface area contributed by atoms with Gasteiger partial charge in [0, 0.05) is 11.6 Å². The molecule has 1 aromatic carbocycles. The largest absolute Gasteiger partial charge is 0.468 e. The molecule has 0 aliphatic heterocycles. The van der Waals surface area contributed by atoms with Gasteiger partial charge in [-0.3, -0.25) is 0 Å². The molecular formula is C16H16N2O4S. The van der Waals surface area contributed by atoms with E-state index >= 15 is 0 Å². The van der Waals surface area contributed by atoms with Crippen molar-refractivity contribution >= 4 is 10.0 Å². The number of hydrogen-bond donors (Lipinski definition) is 1. The monoisotopic (exact) mass is 332 g/mol. The fourth-order valence-corrected chi connectivity index (χ4v) is 3.46. The van der Waals surface area contributed by atoms with E-state index in [-0.39, 0.29) is 11.4 Å². The molecule has 0 amide bonds. The van der Waals surface area contributed by atoms with Crippen LogP contribution in [0.25, 0.3) is 11.3 Å². The van der Waals surface area contributed by atoms with E-state index in [9.17, 15) is 8.42 Å². The van der Waals surface area contributed by atoms with E-state index < -0.39 is 10.0 Å². The number of benzene rings is 1. The molecule has 0 fully saturated rings. The van der Waals surface area contributed by atoms with Gasteiger partial charge in [0.25, 0.3) is 0 Å². The molecule has 120 valence electrons. The fraction of sp³-hybridized carbons (Fsp3) is 0.188. The van der Waals surface area contributed by atoms with Crippen molar-refractivity contribution in [2.75, 3.05) is 0 Å². The summed E-state index contributed by atoms with van der Waals surface area (Å²) < 4.78 is 37.9. The summed E-state index contributed by atoms with van der Waals surface area (Å²) in [6.07, 6.45) is 1.50. The first kappa shape index (κ1) is 15.5. The number of rotatable bonds is 5. The minimum absolute atomic E-state index is 0.0976. The standard InChI is InChI=1S/C16H16N2O4S/c1-11-5-6-13(15-8-12(2)18-22-15)9-16(11)23(19,20)17-10-14-4-3-7-21-14/h3-9,17H,10H2,1-2H3. The van der Waals surface area contributed by atoms with Gasteiger partial charge in [0.05, 0.1) is 23.4 Å². The first-order valence-electron chi connectivity index (χ1n) is 7.02. The molecule has 0 saturated carbocycles. The van der Waals surface area contributed by atoms with Crippen LogP contribution in [0, 0.1) is 13.8 Å². The van der Waals surface area contributed by atoms with E-state index in [1.54, 1.807) is 43.3 Å². The highest BCUT2D eigenvalue weighted by Crippen LogP contribution is 2.25. The lowest BCUT2D eigenvalue weighted by Gasteiger charge is -2.09. The second-order valence-electron chi connectivity index (χ2n) is 5.22.